The highest BCUT2D eigenvalue weighted by atomic mass is 79.9. The number of rotatable bonds is 7. The van der Waals surface area contributed by atoms with Gasteiger partial charge in [-0.3, -0.25) is 9.59 Å². The number of halogens is 1. The van der Waals surface area contributed by atoms with Crippen molar-refractivity contribution >= 4 is 39.6 Å². The molecule has 0 spiro atoms. The van der Waals surface area contributed by atoms with E-state index in [1.54, 1.807) is 19.2 Å². The second-order valence-corrected chi connectivity index (χ2v) is 5.92. The number of methoxy groups -OCH3 is 1. The van der Waals surface area contributed by atoms with Crippen LogP contribution in [-0.4, -0.2) is 25.1 Å². The summed E-state index contributed by atoms with van der Waals surface area (Å²) in [5.41, 5.74) is 3.81. The van der Waals surface area contributed by atoms with Crippen molar-refractivity contribution in [2.75, 3.05) is 12.4 Å². The smallest absolute Gasteiger partial charge is 0.240 e. The van der Waals surface area contributed by atoms with E-state index in [2.05, 4.69) is 31.8 Å². The Bertz CT molecular complexity index is 778. The number of ether oxygens (including phenoxy) is 1. The molecule has 2 N–H and O–H groups in total. The zero-order chi connectivity index (χ0) is 18.1. The molecule has 0 aromatic heterocycles. The predicted molar refractivity (Wildman–Crippen MR) is 101 cm³/mol. The minimum Gasteiger partial charge on any atom is -0.496 e. The molecule has 0 radical (unpaired) electrons. The van der Waals surface area contributed by atoms with Gasteiger partial charge in [0.25, 0.3) is 0 Å². The van der Waals surface area contributed by atoms with Crippen molar-refractivity contribution in [2.24, 2.45) is 5.10 Å². The summed E-state index contributed by atoms with van der Waals surface area (Å²) in [5.74, 6) is 0.0810. The van der Waals surface area contributed by atoms with Gasteiger partial charge < -0.3 is 10.1 Å². The van der Waals surface area contributed by atoms with Crippen molar-refractivity contribution in [3.8, 4) is 5.75 Å². The van der Waals surface area contributed by atoms with E-state index in [-0.39, 0.29) is 24.7 Å². The average molecular weight is 404 g/mol. The van der Waals surface area contributed by atoms with Gasteiger partial charge in [0, 0.05) is 22.9 Å². The van der Waals surface area contributed by atoms with Gasteiger partial charge in [-0.05, 0) is 40.2 Å². The summed E-state index contributed by atoms with van der Waals surface area (Å²) in [6.07, 6.45) is 1.61. The number of hydrogen-bond donors (Lipinski definition) is 2. The van der Waals surface area contributed by atoms with Crippen molar-refractivity contribution in [1.82, 2.24) is 5.43 Å². The van der Waals surface area contributed by atoms with E-state index in [9.17, 15) is 9.59 Å². The molecule has 0 aliphatic rings. The Morgan fingerprint density at radius 2 is 1.76 bits per heavy atom. The Kier molecular flexibility index (Phi) is 7.16. The molecule has 7 heteroatoms. The molecule has 130 valence electrons. The molecule has 2 rings (SSSR count). The van der Waals surface area contributed by atoms with Crippen LogP contribution in [-0.2, 0) is 9.59 Å². The predicted octanol–water partition coefficient (Wildman–Crippen LogP) is 3.33. The van der Waals surface area contributed by atoms with Crippen molar-refractivity contribution < 1.29 is 14.3 Å². The summed E-state index contributed by atoms with van der Waals surface area (Å²) in [6.45, 7) is 0. The van der Waals surface area contributed by atoms with Crippen LogP contribution in [0.25, 0.3) is 0 Å². The zero-order valence-electron chi connectivity index (χ0n) is 13.7. The molecule has 0 heterocycles. The number of nitrogens with zero attached hydrogens (tertiary/aromatic N) is 1. The number of benzene rings is 2. The highest BCUT2D eigenvalue weighted by molar-refractivity contribution is 9.10. The van der Waals surface area contributed by atoms with E-state index >= 15 is 0 Å². The van der Waals surface area contributed by atoms with Gasteiger partial charge in [0.05, 0.1) is 19.0 Å². The Balaban J connectivity index is 1.78. The molecule has 2 amide bonds. The Morgan fingerprint density at radius 3 is 2.52 bits per heavy atom. The third-order valence-corrected chi connectivity index (χ3v) is 3.95. The number of hydrazone groups is 1. The minimum atomic E-state index is -0.339. The molecular weight excluding hydrogens is 386 g/mol. The van der Waals surface area contributed by atoms with Gasteiger partial charge in [-0.15, -0.1) is 0 Å². The van der Waals surface area contributed by atoms with E-state index in [1.165, 1.54) is 6.21 Å². The van der Waals surface area contributed by atoms with E-state index in [1.807, 2.05) is 36.4 Å². The normalized spacial score (nSPS) is 10.5. The second-order valence-electron chi connectivity index (χ2n) is 5.06. The van der Waals surface area contributed by atoms with E-state index in [4.69, 9.17) is 4.74 Å². The molecular formula is C18H18BrN3O3. The fraction of sp³-hybridized carbons (Fsp3) is 0.167. The first-order valence-electron chi connectivity index (χ1n) is 7.59. The Labute approximate surface area is 154 Å². The maximum absolute atomic E-state index is 11.9. The lowest BCUT2D eigenvalue weighted by molar-refractivity contribution is -0.124. The van der Waals surface area contributed by atoms with Crippen LogP contribution in [0, 0.1) is 0 Å². The standard InChI is InChI=1S/C18H18BrN3O3/c1-25-16-9-5-2-6-13(16)12-20-22-18(24)11-10-17(23)21-15-8-4-3-7-14(15)19/h2-9,12H,10-11H2,1H3,(H,21,23)(H,22,24)/b20-12+. The lowest BCUT2D eigenvalue weighted by Gasteiger charge is -2.06. The van der Waals surface area contributed by atoms with Crippen LogP contribution in [0.1, 0.15) is 18.4 Å². The van der Waals surface area contributed by atoms with Gasteiger partial charge in [-0.1, -0.05) is 24.3 Å². The van der Waals surface area contributed by atoms with Gasteiger partial charge >= 0.3 is 0 Å². The largest absolute Gasteiger partial charge is 0.496 e. The molecule has 2 aromatic rings. The minimum absolute atomic E-state index is 0.0412. The van der Waals surface area contributed by atoms with Gasteiger partial charge in [-0.25, -0.2) is 5.43 Å². The molecule has 0 aliphatic carbocycles. The molecule has 0 fully saturated rings. The number of anilines is 1. The number of para-hydroxylation sites is 2. The number of carbonyl (C=O) groups excluding carboxylic acids is 2. The summed E-state index contributed by atoms with van der Waals surface area (Å²) in [7, 11) is 1.56. The molecule has 0 aliphatic heterocycles. The molecule has 0 saturated carbocycles. The molecule has 2 aromatic carbocycles. The lowest BCUT2D eigenvalue weighted by Crippen LogP contribution is -2.20. The van der Waals surface area contributed by atoms with Gasteiger partial charge in [0.2, 0.25) is 11.8 Å². The lowest BCUT2D eigenvalue weighted by atomic mass is 10.2. The number of carbonyl (C=O) groups is 2. The molecule has 0 bridgehead atoms. The third-order valence-electron chi connectivity index (χ3n) is 3.26. The highest BCUT2D eigenvalue weighted by Gasteiger charge is 2.08. The maximum atomic E-state index is 11.9. The van der Waals surface area contributed by atoms with Crippen LogP contribution in [0.3, 0.4) is 0 Å². The zero-order valence-corrected chi connectivity index (χ0v) is 15.2. The summed E-state index contributed by atoms with van der Waals surface area (Å²) < 4.78 is 5.97. The Hall–Kier alpha value is -2.67. The van der Waals surface area contributed by atoms with Gasteiger partial charge in [-0.2, -0.15) is 5.10 Å². The van der Waals surface area contributed by atoms with E-state index < -0.39 is 0 Å². The highest BCUT2D eigenvalue weighted by Crippen LogP contribution is 2.21. The van der Waals surface area contributed by atoms with E-state index in [0.717, 1.165) is 10.0 Å². The summed E-state index contributed by atoms with van der Waals surface area (Å²) in [6, 6.07) is 14.6. The number of nitrogens with one attached hydrogen (secondary N) is 2. The molecule has 6 nitrogen and oxygen atoms in total. The van der Waals surface area contributed by atoms with Crippen LogP contribution in [0.15, 0.2) is 58.1 Å². The molecule has 0 saturated heterocycles. The number of hydrogen-bond acceptors (Lipinski definition) is 4. The first kappa shape index (κ1) is 18.7. The van der Waals surface area contributed by atoms with Crippen LogP contribution in [0.4, 0.5) is 5.69 Å². The van der Waals surface area contributed by atoms with Gasteiger partial charge in [0.15, 0.2) is 0 Å². The van der Waals surface area contributed by atoms with Crippen LogP contribution < -0.4 is 15.5 Å². The van der Waals surface area contributed by atoms with Gasteiger partial charge in [0.1, 0.15) is 5.75 Å². The second kappa shape index (κ2) is 9.58. The SMILES string of the molecule is COc1ccccc1/C=N/NC(=O)CCC(=O)Nc1ccccc1Br. The maximum Gasteiger partial charge on any atom is 0.240 e. The molecule has 0 atom stereocenters. The van der Waals surface area contributed by atoms with Crippen molar-refractivity contribution in [2.45, 2.75) is 12.8 Å². The quantitative estimate of drug-likeness (QED) is 0.549. The summed E-state index contributed by atoms with van der Waals surface area (Å²) in [4.78, 5) is 23.6. The van der Waals surface area contributed by atoms with Crippen molar-refractivity contribution in [3.63, 3.8) is 0 Å². The fourth-order valence-electron chi connectivity index (χ4n) is 2.01. The van der Waals surface area contributed by atoms with Crippen LogP contribution >= 0.6 is 15.9 Å². The number of amides is 2. The fourth-order valence-corrected chi connectivity index (χ4v) is 2.39. The third kappa shape index (κ3) is 6.04. The van der Waals surface area contributed by atoms with Crippen LogP contribution in [0.5, 0.6) is 5.75 Å². The first-order valence-corrected chi connectivity index (χ1v) is 8.38. The van der Waals surface area contributed by atoms with Crippen LogP contribution in [0.2, 0.25) is 0 Å². The Morgan fingerprint density at radius 1 is 1.08 bits per heavy atom. The molecule has 0 unspecified atom stereocenters. The van der Waals surface area contributed by atoms with E-state index in [0.29, 0.717) is 11.4 Å². The topological polar surface area (TPSA) is 79.8 Å². The first-order chi connectivity index (χ1) is 12.1. The summed E-state index contributed by atoms with van der Waals surface area (Å²) in [5, 5.41) is 6.62. The van der Waals surface area contributed by atoms with Crippen molar-refractivity contribution in [3.05, 3.63) is 58.6 Å². The monoisotopic (exact) mass is 403 g/mol. The van der Waals surface area contributed by atoms with Crippen molar-refractivity contribution in [1.29, 1.82) is 0 Å². The molecule has 25 heavy (non-hydrogen) atoms. The average Bonchev–Trinajstić information content (AvgIpc) is 2.62. The summed E-state index contributed by atoms with van der Waals surface area (Å²) >= 11 is 3.35.